The fourth-order valence-corrected chi connectivity index (χ4v) is 2.26. The summed E-state index contributed by atoms with van der Waals surface area (Å²) in [5.74, 6) is -0.207. The molecule has 6 heteroatoms. The molecule has 0 N–H and O–H groups in total. The van der Waals surface area contributed by atoms with Crippen LogP contribution >= 0.6 is 11.6 Å². The number of para-hydroxylation sites is 1. The van der Waals surface area contributed by atoms with Gasteiger partial charge in [-0.25, -0.2) is 14.2 Å². The van der Waals surface area contributed by atoms with Crippen LogP contribution in [0.4, 0.5) is 14.9 Å². The molecule has 0 aliphatic rings. The van der Waals surface area contributed by atoms with E-state index in [1.54, 1.807) is 6.07 Å². The summed E-state index contributed by atoms with van der Waals surface area (Å²) in [6, 6.07) is 14.5. The zero-order valence-corrected chi connectivity index (χ0v) is 12.9. The minimum atomic E-state index is -0.643. The second-order valence-corrected chi connectivity index (χ2v) is 5.23. The van der Waals surface area contributed by atoms with E-state index in [9.17, 15) is 9.18 Å². The number of fused-ring (bicyclic) bond motifs is 1. The molecule has 116 valence electrons. The highest BCUT2D eigenvalue weighted by Gasteiger charge is 2.16. The van der Waals surface area contributed by atoms with E-state index >= 15 is 0 Å². The lowest BCUT2D eigenvalue weighted by atomic mass is 10.2. The van der Waals surface area contributed by atoms with Crippen LogP contribution in [0.1, 0.15) is 0 Å². The number of aromatic nitrogens is 1. The number of nitrogens with zero attached hydrogens (tertiary/aromatic N) is 2. The third-order valence-corrected chi connectivity index (χ3v) is 3.60. The Morgan fingerprint density at radius 1 is 1.17 bits per heavy atom. The molecule has 2 aromatic carbocycles. The molecule has 0 unspecified atom stereocenters. The zero-order chi connectivity index (χ0) is 16.4. The Morgan fingerprint density at radius 3 is 2.61 bits per heavy atom. The van der Waals surface area contributed by atoms with Gasteiger partial charge in [0.05, 0.1) is 5.52 Å². The van der Waals surface area contributed by atoms with Crippen LogP contribution in [0.3, 0.4) is 0 Å². The quantitative estimate of drug-likeness (QED) is 0.642. The van der Waals surface area contributed by atoms with Crippen molar-refractivity contribution in [3.63, 3.8) is 0 Å². The summed E-state index contributed by atoms with van der Waals surface area (Å²) < 4.78 is 18.2. The number of benzene rings is 2. The van der Waals surface area contributed by atoms with Crippen LogP contribution in [-0.2, 0) is 0 Å². The molecule has 0 bridgehead atoms. The number of ether oxygens (including phenoxy) is 1. The van der Waals surface area contributed by atoms with Crippen molar-refractivity contribution in [2.24, 2.45) is 0 Å². The molecular weight excluding hydrogens is 319 g/mol. The summed E-state index contributed by atoms with van der Waals surface area (Å²) in [6.45, 7) is 0. The largest absolute Gasteiger partial charge is 0.419 e. The smallest absolute Gasteiger partial charge is 0.407 e. The molecule has 0 radical (unpaired) electrons. The lowest BCUT2D eigenvalue weighted by Gasteiger charge is -2.17. The van der Waals surface area contributed by atoms with Gasteiger partial charge in [0, 0.05) is 18.1 Å². The van der Waals surface area contributed by atoms with Crippen LogP contribution in [-0.4, -0.2) is 18.1 Å². The summed E-state index contributed by atoms with van der Waals surface area (Å²) in [5, 5.41) is 0.911. The van der Waals surface area contributed by atoms with Gasteiger partial charge >= 0.3 is 6.09 Å². The average Bonchev–Trinajstić information content (AvgIpc) is 2.55. The van der Waals surface area contributed by atoms with E-state index in [-0.39, 0.29) is 16.7 Å². The third-order valence-electron chi connectivity index (χ3n) is 3.33. The van der Waals surface area contributed by atoms with Crippen LogP contribution in [0.2, 0.25) is 5.15 Å². The summed E-state index contributed by atoms with van der Waals surface area (Å²) in [5.41, 5.74) is 1.21. The van der Waals surface area contributed by atoms with Crippen molar-refractivity contribution >= 4 is 34.3 Å². The third kappa shape index (κ3) is 3.24. The Kier molecular flexibility index (Phi) is 4.12. The van der Waals surface area contributed by atoms with Gasteiger partial charge in [-0.3, -0.25) is 4.90 Å². The summed E-state index contributed by atoms with van der Waals surface area (Å²) in [6.07, 6.45) is -0.643. The van der Waals surface area contributed by atoms with Crippen molar-refractivity contribution in [2.75, 3.05) is 11.9 Å². The van der Waals surface area contributed by atoms with Gasteiger partial charge in [0.15, 0.2) is 10.9 Å². The highest BCUT2D eigenvalue weighted by molar-refractivity contribution is 6.31. The summed E-state index contributed by atoms with van der Waals surface area (Å²) >= 11 is 6.06. The molecule has 23 heavy (non-hydrogen) atoms. The van der Waals surface area contributed by atoms with Crippen molar-refractivity contribution in [3.05, 3.63) is 65.6 Å². The topological polar surface area (TPSA) is 42.4 Å². The Morgan fingerprint density at radius 2 is 1.87 bits per heavy atom. The highest BCUT2D eigenvalue weighted by Crippen LogP contribution is 2.27. The van der Waals surface area contributed by atoms with Gasteiger partial charge in [-0.1, -0.05) is 29.8 Å². The minimum Gasteiger partial charge on any atom is -0.407 e. The lowest BCUT2D eigenvalue weighted by molar-refractivity contribution is 0.209. The Bertz CT molecular complexity index is 868. The first kappa shape index (κ1) is 15.2. The zero-order valence-electron chi connectivity index (χ0n) is 12.2. The first-order valence-corrected chi connectivity index (χ1v) is 7.19. The molecule has 0 saturated heterocycles. The number of halogens is 2. The highest BCUT2D eigenvalue weighted by atomic mass is 35.5. The second-order valence-electron chi connectivity index (χ2n) is 4.87. The predicted molar refractivity (Wildman–Crippen MR) is 87.6 cm³/mol. The molecular formula is C17H12ClFN2O2. The molecule has 1 amide bonds. The molecule has 0 fully saturated rings. The van der Waals surface area contributed by atoms with Crippen LogP contribution in [0.15, 0.2) is 54.6 Å². The Hall–Kier alpha value is -2.66. The summed E-state index contributed by atoms with van der Waals surface area (Å²) in [7, 11) is 1.53. The van der Waals surface area contributed by atoms with E-state index in [2.05, 4.69) is 4.98 Å². The van der Waals surface area contributed by atoms with Crippen molar-refractivity contribution in [3.8, 4) is 5.75 Å². The van der Waals surface area contributed by atoms with E-state index in [4.69, 9.17) is 16.3 Å². The predicted octanol–water partition coefficient (Wildman–Crippen LogP) is 4.66. The number of carbonyl (C=O) groups excluding carboxylic acids is 1. The number of hydrogen-bond donors (Lipinski definition) is 0. The van der Waals surface area contributed by atoms with Crippen LogP contribution < -0.4 is 9.64 Å². The maximum Gasteiger partial charge on any atom is 0.419 e. The molecule has 0 spiro atoms. The van der Waals surface area contributed by atoms with Gasteiger partial charge in [-0.05, 0) is 36.4 Å². The van der Waals surface area contributed by atoms with E-state index in [1.807, 2.05) is 24.3 Å². The normalized spacial score (nSPS) is 10.6. The minimum absolute atomic E-state index is 0.101. The van der Waals surface area contributed by atoms with Crippen LogP contribution in [0, 0.1) is 5.82 Å². The number of pyridine rings is 1. The number of amides is 1. The van der Waals surface area contributed by atoms with Crippen LogP contribution in [0.25, 0.3) is 10.9 Å². The van der Waals surface area contributed by atoms with Crippen molar-refractivity contribution in [2.45, 2.75) is 0 Å². The molecule has 0 saturated carbocycles. The fourth-order valence-electron chi connectivity index (χ4n) is 2.08. The molecule has 0 atom stereocenters. The lowest BCUT2D eigenvalue weighted by Crippen LogP contribution is -2.29. The standard InChI is InChI=1S/C17H12ClFN2O2/c1-21(13-8-6-12(19)7-9-13)17(22)23-15-10-11-4-2-3-5-14(11)20-16(15)18/h2-10H,1H3. The van der Waals surface area contributed by atoms with E-state index < -0.39 is 6.09 Å². The van der Waals surface area contributed by atoms with Gasteiger partial charge in [0.25, 0.3) is 0 Å². The van der Waals surface area contributed by atoms with Crippen molar-refractivity contribution in [1.29, 1.82) is 0 Å². The molecule has 4 nitrogen and oxygen atoms in total. The van der Waals surface area contributed by atoms with Crippen LogP contribution in [0.5, 0.6) is 5.75 Å². The monoisotopic (exact) mass is 330 g/mol. The Balaban J connectivity index is 1.84. The Labute approximate surface area is 137 Å². The van der Waals surface area contributed by atoms with Gasteiger partial charge in [0.2, 0.25) is 0 Å². The molecule has 3 rings (SSSR count). The van der Waals surface area contributed by atoms with Gasteiger partial charge in [0.1, 0.15) is 5.82 Å². The fraction of sp³-hybridized carbons (Fsp3) is 0.0588. The van der Waals surface area contributed by atoms with E-state index in [1.165, 1.54) is 36.2 Å². The van der Waals surface area contributed by atoms with E-state index in [0.717, 1.165) is 5.39 Å². The van der Waals surface area contributed by atoms with Gasteiger partial charge in [-0.2, -0.15) is 0 Å². The number of carbonyl (C=O) groups is 1. The molecule has 0 aliphatic heterocycles. The maximum absolute atomic E-state index is 12.9. The van der Waals surface area contributed by atoms with Gasteiger partial charge in [-0.15, -0.1) is 0 Å². The molecule has 1 heterocycles. The molecule has 1 aromatic heterocycles. The number of rotatable bonds is 2. The summed E-state index contributed by atoms with van der Waals surface area (Å²) in [4.78, 5) is 17.7. The maximum atomic E-state index is 12.9. The number of anilines is 1. The molecule has 0 aliphatic carbocycles. The molecule has 3 aromatic rings. The SMILES string of the molecule is CN(C(=O)Oc1cc2ccccc2nc1Cl)c1ccc(F)cc1. The van der Waals surface area contributed by atoms with Crippen molar-refractivity contribution in [1.82, 2.24) is 4.98 Å². The van der Waals surface area contributed by atoms with E-state index in [0.29, 0.717) is 11.2 Å². The van der Waals surface area contributed by atoms with Crippen molar-refractivity contribution < 1.29 is 13.9 Å². The average molecular weight is 331 g/mol. The first-order chi connectivity index (χ1) is 11.0. The second kappa shape index (κ2) is 6.22. The first-order valence-electron chi connectivity index (χ1n) is 6.81. The van der Waals surface area contributed by atoms with Gasteiger partial charge < -0.3 is 4.74 Å². The number of hydrogen-bond acceptors (Lipinski definition) is 3.